The molecular formula is C17H24N2O. The van der Waals surface area contributed by atoms with Gasteiger partial charge in [0.15, 0.2) is 0 Å². The van der Waals surface area contributed by atoms with Crippen molar-refractivity contribution >= 4 is 5.91 Å². The normalized spacial score (nSPS) is 16.8. The van der Waals surface area contributed by atoms with Crippen molar-refractivity contribution in [1.82, 2.24) is 9.80 Å². The maximum Gasteiger partial charge on any atom is 0.253 e. The fourth-order valence-corrected chi connectivity index (χ4v) is 2.60. The molecule has 1 heterocycles. The Labute approximate surface area is 121 Å². The van der Waals surface area contributed by atoms with Crippen molar-refractivity contribution in [2.75, 3.05) is 32.7 Å². The lowest BCUT2D eigenvalue weighted by molar-refractivity contribution is 0.0762. The largest absolute Gasteiger partial charge is 0.337 e. The van der Waals surface area contributed by atoms with E-state index in [9.17, 15) is 4.79 Å². The highest BCUT2D eigenvalue weighted by Gasteiger charge is 2.19. The fourth-order valence-electron chi connectivity index (χ4n) is 2.60. The van der Waals surface area contributed by atoms with E-state index in [1.54, 1.807) is 0 Å². The average Bonchev–Trinajstić information content (AvgIpc) is 2.67. The third-order valence-electron chi connectivity index (χ3n) is 4.02. The van der Waals surface area contributed by atoms with E-state index in [-0.39, 0.29) is 5.91 Å². The highest BCUT2D eigenvalue weighted by molar-refractivity contribution is 5.94. The van der Waals surface area contributed by atoms with Gasteiger partial charge in [0.2, 0.25) is 0 Å². The van der Waals surface area contributed by atoms with Crippen LogP contribution < -0.4 is 0 Å². The van der Waals surface area contributed by atoms with E-state index >= 15 is 0 Å². The second-order valence-electron chi connectivity index (χ2n) is 5.53. The van der Waals surface area contributed by atoms with Gasteiger partial charge < -0.3 is 4.90 Å². The van der Waals surface area contributed by atoms with E-state index in [0.717, 1.165) is 44.7 Å². The van der Waals surface area contributed by atoms with Gasteiger partial charge in [0.1, 0.15) is 0 Å². The van der Waals surface area contributed by atoms with Crippen LogP contribution in [0.3, 0.4) is 0 Å². The second kappa shape index (κ2) is 6.71. The molecule has 20 heavy (non-hydrogen) atoms. The Balaban J connectivity index is 2.05. The van der Waals surface area contributed by atoms with Crippen LogP contribution in [0.2, 0.25) is 0 Å². The quantitative estimate of drug-likeness (QED) is 0.790. The van der Waals surface area contributed by atoms with E-state index in [0.29, 0.717) is 0 Å². The van der Waals surface area contributed by atoms with Gasteiger partial charge in [-0.1, -0.05) is 12.1 Å². The van der Waals surface area contributed by atoms with Crippen LogP contribution in [0.15, 0.2) is 30.9 Å². The van der Waals surface area contributed by atoms with Crippen LogP contribution in [0, 0.1) is 13.8 Å². The number of nitrogens with zero attached hydrogens (tertiary/aromatic N) is 2. The molecule has 0 saturated carbocycles. The molecule has 0 atom stereocenters. The second-order valence-corrected chi connectivity index (χ2v) is 5.53. The summed E-state index contributed by atoms with van der Waals surface area (Å²) in [6.45, 7) is 12.4. The summed E-state index contributed by atoms with van der Waals surface area (Å²) in [6, 6.07) is 5.98. The van der Waals surface area contributed by atoms with Crippen LogP contribution in [-0.2, 0) is 0 Å². The van der Waals surface area contributed by atoms with Crippen molar-refractivity contribution in [3.63, 3.8) is 0 Å². The molecule has 1 aromatic carbocycles. The van der Waals surface area contributed by atoms with Crippen LogP contribution in [0.1, 0.15) is 27.9 Å². The highest BCUT2D eigenvalue weighted by Crippen LogP contribution is 2.13. The van der Waals surface area contributed by atoms with E-state index in [4.69, 9.17) is 0 Å². The molecule has 3 nitrogen and oxygen atoms in total. The molecule has 0 radical (unpaired) electrons. The molecule has 0 unspecified atom stereocenters. The molecule has 0 aliphatic carbocycles. The van der Waals surface area contributed by atoms with Gasteiger partial charge in [0, 0.05) is 38.3 Å². The summed E-state index contributed by atoms with van der Waals surface area (Å²) in [6.07, 6.45) is 2.96. The first-order chi connectivity index (χ1) is 9.61. The monoisotopic (exact) mass is 272 g/mol. The molecule has 1 aromatic rings. The first-order valence-corrected chi connectivity index (χ1v) is 7.31. The number of rotatable bonds is 3. The van der Waals surface area contributed by atoms with E-state index < -0.39 is 0 Å². The van der Waals surface area contributed by atoms with Gasteiger partial charge in [-0.3, -0.25) is 9.69 Å². The number of carbonyl (C=O) groups is 1. The molecule has 3 heteroatoms. The molecular weight excluding hydrogens is 248 g/mol. The SMILES string of the molecule is C=CCN1CCCN(C(=O)c2ccc(C)c(C)c2)CC1. The Kier molecular flexibility index (Phi) is 4.96. The third-order valence-corrected chi connectivity index (χ3v) is 4.02. The summed E-state index contributed by atoms with van der Waals surface area (Å²) in [7, 11) is 0. The summed E-state index contributed by atoms with van der Waals surface area (Å²) in [4.78, 5) is 16.9. The van der Waals surface area contributed by atoms with Crippen molar-refractivity contribution in [2.45, 2.75) is 20.3 Å². The van der Waals surface area contributed by atoms with E-state index in [1.807, 2.05) is 29.2 Å². The maximum atomic E-state index is 12.6. The minimum absolute atomic E-state index is 0.161. The van der Waals surface area contributed by atoms with Crippen molar-refractivity contribution in [2.24, 2.45) is 0 Å². The Hall–Kier alpha value is -1.61. The molecule has 108 valence electrons. The number of hydrogen-bond donors (Lipinski definition) is 0. The Bertz CT molecular complexity index is 496. The lowest BCUT2D eigenvalue weighted by Gasteiger charge is -2.21. The summed E-state index contributed by atoms with van der Waals surface area (Å²) < 4.78 is 0. The zero-order valence-electron chi connectivity index (χ0n) is 12.6. The lowest BCUT2D eigenvalue weighted by Crippen LogP contribution is -2.35. The van der Waals surface area contributed by atoms with Gasteiger partial charge in [-0.25, -0.2) is 0 Å². The summed E-state index contributed by atoms with van der Waals surface area (Å²) in [5, 5.41) is 0. The number of hydrogen-bond acceptors (Lipinski definition) is 2. The smallest absolute Gasteiger partial charge is 0.253 e. The maximum absolute atomic E-state index is 12.6. The molecule has 0 spiro atoms. The van der Waals surface area contributed by atoms with Crippen molar-refractivity contribution < 1.29 is 4.79 Å². The molecule has 2 rings (SSSR count). The summed E-state index contributed by atoms with van der Waals surface area (Å²) in [5.74, 6) is 0.161. The molecule has 1 aliphatic heterocycles. The van der Waals surface area contributed by atoms with Gasteiger partial charge in [-0.2, -0.15) is 0 Å². The van der Waals surface area contributed by atoms with Gasteiger partial charge in [0.25, 0.3) is 5.91 Å². The van der Waals surface area contributed by atoms with E-state index in [1.165, 1.54) is 11.1 Å². The lowest BCUT2D eigenvalue weighted by atomic mass is 10.1. The highest BCUT2D eigenvalue weighted by atomic mass is 16.2. The zero-order valence-corrected chi connectivity index (χ0v) is 12.6. The van der Waals surface area contributed by atoms with Crippen molar-refractivity contribution in [3.05, 3.63) is 47.5 Å². The molecule has 0 bridgehead atoms. The molecule has 1 amide bonds. The van der Waals surface area contributed by atoms with Crippen LogP contribution in [0.25, 0.3) is 0 Å². The van der Waals surface area contributed by atoms with Gasteiger partial charge in [0.05, 0.1) is 0 Å². The van der Waals surface area contributed by atoms with Crippen LogP contribution in [0.5, 0.6) is 0 Å². The Morgan fingerprint density at radius 3 is 2.70 bits per heavy atom. The number of benzene rings is 1. The van der Waals surface area contributed by atoms with Crippen molar-refractivity contribution in [3.8, 4) is 0 Å². The number of carbonyl (C=O) groups excluding carboxylic acids is 1. The van der Waals surface area contributed by atoms with Crippen LogP contribution in [-0.4, -0.2) is 48.4 Å². The van der Waals surface area contributed by atoms with Gasteiger partial charge in [-0.15, -0.1) is 6.58 Å². The fraction of sp³-hybridized carbons (Fsp3) is 0.471. The van der Waals surface area contributed by atoms with Gasteiger partial charge >= 0.3 is 0 Å². The molecule has 0 N–H and O–H groups in total. The first-order valence-electron chi connectivity index (χ1n) is 7.31. The number of aryl methyl sites for hydroxylation is 2. The number of amides is 1. The standard InChI is InChI=1S/C17H24N2O/c1-4-8-18-9-5-10-19(12-11-18)17(20)16-7-6-14(2)15(3)13-16/h4,6-7,13H,1,5,8-12H2,2-3H3. The minimum atomic E-state index is 0.161. The summed E-state index contributed by atoms with van der Waals surface area (Å²) >= 11 is 0. The topological polar surface area (TPSA) is 23.6 Å². The zero-order chi connectivity index (χ0) is 14.5. The first kappa shape index (κ1) is 14.8. The average molecular weight is 272 g/mol. The van der Waals surface area contributed by atoms with E-state index in [2.05, 4.69) is 25.3 Å². The molecule has 1 saturated heterocycles. The van der Waals surface area contributed by atoms with Crippen LogP contribution >= 0.6 is 0 Å². The van der Waals surface area contributed by atoms with Gasteiger partial charge in [-0.05, 0) is 43.5 Å². The van der Waals surface area contributed by atoms with Crippen molar-refractivity contribution in [1.29, 1.82) is 0 Å². The summed E-state index contributed by atoms with van der Waals surface area (Å²) in [5.41, 5.74) is 3.22. The molecule has 1 aliphatic rings. The molecule has 1 fully saturated rings. The third kappa shape index (κ3) is 3.48. The van der Waals surface area contributed by atoms with Crippen LogP contribution in [0.4, 0.5) is 0 Å². The Morgan fingerprint density at radius 1 is 1.20 bits per heavy atom. The Morgan fingerprint density at radius 2 is 2.00 bits per heavy atom. The molecule has 0 aromatic heterocycles. The predicted molar refractivity (Wildman–Crippen MR) is 83.1 cm³/mol. The predicted octanol–water partition coefficient (Wildman–Crippen LogP) is 2.64. The minimum Gasteiger partial charge on any atom is -0.337 e.